The van der Waals surface area contributed by atoms with Gasteiger partial charge in [0.15, 0.2) is 6.61 Å². The lowest BCUT2D eigenvalue weighted by Crippen LogP contribution is -2.41. The third-order valence-electron chi connectivity index (χ3n) is 3.28. The Bertz CT molecular complexity index is 420. The number of hydrogen-bond acceptors (Lipinski definition) is 3. The summed E-state index contributed by atoms with van der Waals surface area (Å²) < 4.78 is 5.47. The maximum atomic E-state index is 12.0. The van der Waals surface area contributed by atoms with Gasteiger partial charge in [-0.15, -0.1) is 0 Å². The lowest BCUT2D eigenvalue weighted by atomic mass is 10.0. The minimum absolute atomic E-state index is 0.0461. The van der Waals surface area contributed by atoms with Gasteiger partial charge < -0.3 is 15.4 Å². The van der Waals surface area contributed by atoms with Crippen molar-refractivity contribution in [3.8, 4) is 5.75 Å². The van der Waals surface area contributed by atoms with Crippen LogP contribution in [0.15, 0.2) is 24.3 Å². The number of piperidine rings is 1. The molecular formula is C14H20N2O2. The van der Waals surface area contributed by atoms with Gasteiger partial charge in [0.2, 0.25) is 0 Å². The summed E-state index contributed by atoms with van der Waals surface area (Å²) in [6.07, 6.45) is 2.29. The SMILES string of the molecule is CC1CCCN(C(=O)COc2ccccc2N)C1. The molecule has 1 amide bonds. The monoisotopic (exact) mass is 248 g/mol. The zero-order chi connectivity index (χ0) is 13.0. The maximum absolute atomic E-state index is 12.0. The van der Waals surface area contributed by atoms with Crippen LogP contribution in [0.3, 0.4) is 0 Å². The molecule has 1 saturated heterocycles. The first-order valence-corrected chi connectivity index (χ1v) is 6.42. The number of likely N-dealkylation sites (tertiary alicyclic amines) is 1. The van der Waals surface area contributed by atoms with E-state index in [1.165, 1.54) is 6.42 Å². The first-order valence-electron chi connectivity index (χ1n) is 6.42. The van der Waals surface area contributed by atoms with Crippen LogP contribution in [0.2, 0.25) is 0 Å². The second kappa shape index (κ2) is 5.76. The van der Waals surface area contributed by atoms with Crippen molar-refractivity contribution < 1.29 is 9.53 Å². The molecule has 4 nitrogen and oxygen atoms in total. The number of ether oxygens (including phenoxy) is 1. The Hall–Kier alpha value is -1.71. The average Bonchev–Trinajstić information content (AvgIpc) is 2.37. The van der Waals surface area contributed by atoms with Crippen LogP contribution in [0.25, 0.3) is 0 Å². The third-order valence-corrected chi connectivity index (χ3v) is 3.28. The zero-order valence-corrected chi connectivity index (χ0v) is 10.8. The van der Waals surface area contributed by atoms with Crippen molar-refractivity contribution in [3.63, 3.8) is 0 Å². The lowest BCUT2D eigenvalue weighted by molar-refractivity contribution is -0.135. The second-order valence-electron chi connectivity index (χ2n) is 4.91. The summed E-state index contributed by atoms with van der Waals surface area (Å²) >= 11 is 0. The molecule has 0 bridgehead atoms. The fourth-order valence-electron chi connectivity index (χ4n) is 2.26. The van der Waals surface area contributed by atoms with Crippen molar-refractivity contribution in [2.45, 2.75) is 19.8 Å². The van der Waals surface area contributed by atoms with Gasteiger partial charge in [0, 0.05) is 13.1 Å². The topological polar surface area (TPSA) is 55.6 Å². The largest absolute Gasteiger partial charge is 0.482 e. The van der Waals surface area contributed by atoms with Crippen molar-refractivity contribution in [1.82, 2.24) is 4.90 Å². The fourth-order valence-corrected chi connectivity index (χ4v) is 2.26. The van der Waals surface area contributed by atoms with Crippen LogP contribution in [-0.4, -0.2) is 30.5 Å². The van der Waals surface area contributed by atoms with Gasteiger partial charge in [-0.3, -0.25) is 4.79 Å². The number of para-hydroxylation sites is 2. The Morgan fingerprint density at radius 2 is 2.28 bits per heavy atom. The number of rotatable bonds is 3. The number of nitrogen functional groups attached to an aromatic ring is 1. The molecule has 1 fully saturated rings. The number of amides is 1. The van der Waals surface area contributed by atoms with Gasteiger partial charge >= 0.3 is 0 Å². The molecule has 1 aliphatic rings. The zero-order valence-electron chi connectivity index (χ0n) is 10.8. The molecule has 2 N–H and O–H groups in total. The van der Waals surface area contributed by atoms with Crippen LogP contribution in [0.4, 0.5) is 5.69 Å². The molecule has 1 aliphatic heterocycles. The predicted octanol–water partition coefficient (Wildman–Crippen LogP) is 1.91. The van der Waals surface area contributed by atoms with Gasteiger partial charge in [0.05, 0.1) is 5.69 Å². The van der Waals surface area contributed by atoms with E-state index in [4.69, 9.17) is 10.5 Å². The second-order valence-corrected chi connectivity index (χ2v) is 4.91. The normalized spacial score (nSPS) is 19.6. The highest BCUT2D eigenvalue weighted by atomic mass is 16.5. The van der Waals surface area contributed by atoms with Crippen molar-refractivity contribution in [2.24, 2.45) is 5.92 Å². The molecule has 1 aromatic carbocycles. The predicted molar refractivity (Wildman–Crippen MR) is 71.3 cm³/mol. The first kappa shape index (κ1) is 12.7. The number of carbonyl (C=O) groups excluding carboxylic acids is 1. The Morgan fingerprint density at radius 3 is 3.00 bits per heavy atom. The third kappa shape index (κ3) is 3.15. The van der Waals surface area contributed by atoms with E-state index >= 15 is 0 Å². The van der Waals surface area contributed by atoms with Gasteiger partial charge in [0.1, 0.15) is 5.75 Å². The van der Waals surface area contributed by atoms with Gasteiger partial charge in [-0.2, -0.15) is 0 Å². The summed E-state index contributed by atoms with van der Waals surface area (Å²) in [6, 6.07) is 7.24. The highest BCUT2D eigenvalue weighted by Crippen LogP contribution is 2.20. The van der Waals surface area contributed by atoms with E-state index in [-0.39, 0.29) is 12.5 Å². The Kier molecular flexibility index (Phi) is 4.07. The summed E-state index contributed by atoms with van der Waals surface area (Å²) in [5.41, 5.74) is 6.32. The van der Waals surface area contributed by atoms with E-state index < -0.39 is 0 Å². The van der Waals surface area contributed by atoms with Gasteiger partial charge in [-0.05, 0) is 30.9 Å². The van der Waals surface area contributed by atoms with E-state index in [1.54, 1.807) is 12.1 Å². The van der Waals surface area contributed by atoms with E-state index in [9.17, 15) is 4.79 Å². The molecular weight excluding hydrogens is 228 g/mol. The molecule has 4 heteroatoms. The summed E-state index contributed by atoms with van der Waals surface area (Å²) in [5.74, 6) is 1.21. The van der Waals surface area contributed by atoms with Crippen molar-refractivity contribution in [2.75, 3.05) is 25.4 Å². The number of nitrogens with two attached hydrogens (primary N) is 1. The Morgan fingerprint density at radius 1 is 1.50 bits per heavy atom. The molecule has 1 heterocycles. The fraction of sp³-hybridized carbons (Fsp3) is 0.500. The van der Waals surface area contributed by atoms with Crippen LogP contribution < -0.4 is 10.5 Å². The molecule has 0 saturated carbocycles. The van der Waals surface area contributed by atoms with Gasteiger partial charge in [0.25, 0.3) is 5.91 Å². The Balaban J connectivity index is 1.86. The lowest BCUT2D eigenvalue weighted by Gasteiger charge is -2.30. The number of hydrogen-bond donors (Lipinski definition) is 1. The molecule has 1 aromatic rings. The van der Waals surface area contributed by atoms with Gasteiger partial charge in [-0.25, -0.2) is 0 Å². The number of anilines is 1. The van der Waals surface area contributed by atoms with Crippen molar-refractivity contribution in [1.29, 1.82) is 0 Å². The number of nitrogens with zero attached hydrogens (tertiary/aromatic N) is 1. The van der Waals surface area contributed by atoms with E-state index in [0.29, 0.717) is 17.4 Å². The molecule has 2 rings (SSSR count). The first-order chi connectivity index (χ1) is 8.66. The van der Waals surface area contributed by atoms with Crippen LogP contribution in [0.1, 0.15) is 19.8 Å². The van der Waals surface area contributed by atoms with Crippen LogP contribution in [0.5, 0.6) is 5.75 Å². The van der Waals surface area contributed by atoms with Crippen molar-refractivity contribution in [3.05, 3.63) is 24.3 Å². The molecule has 1 atom stereocenters. The van der Waals surface area contributed by atoms with E-state index in [0.717, 1.165) is 19.5 Å². The van der Waals surface area contributed by atoms with Crippen LogP contribution >= 0.6 is 0 Å². The summed E-state index contributed by atoms with van der Waals surface area (Å²) in [4.78, 5) is 13.9. The minimum Gasteiger partial charge on any atom is -0.482 e. The summed E-state index contributed by atoms with van der Waals surface area (Å²) in [6.45, 7) is 3.93. The summed E-state index contributed by atoms with van der Waals surface area (Å²) in [7, 11) is 0. The minimum atomic E-state index is 0.0461. The molecule has 0 aromatic heterocycles. The summed E-state index contributed by atoms with van der Waals surface area (Å²) in [5, 5.41) is 0. The molecule has 0 aliphatic carbocycles. The average molecular weight is 248 g/mol. The molecule has 98 valence electrons. The van der Waals surface area contributed by atoms with E-state index in [2.05, 4.69) is 6.92 Å². The Labute approximate surface area is 108 Å². The molecule has 0 spiro atoms. The quantitative estimate of drug-likeness (QED) is 0.831. The van der Waals surface area contributed by atoms with Crippen LogP contribution in [-0.2, 0) is 4.79 Å². The smallest absolute Gasteiger partial charge is 0.260 e. The standard InChI is InChI=1S/C14H20N2O2/c1-11-5-4-8-16(9-11)14(17)10-18-13-7-3-2-6-12(13)15/h2-3,6-7,11H,4-5,8-10,15H2,1H3. The highest BCUT2D eigenvalue weighted by Gasteiger charge is 2.21. The molecule has 0 radical (unpaired) electrons. The molecule has 1 unspecified atom stereocenters. The maximum Gasteiger partial charge on any atom is 0.260 e. The molecule has 18 heavy (non-hydrogen) atoms. The van der Waals surface area contributed by atoms with Crippen LogP contribution in [0, 0.1) is 5.92 Å². The van der Waals surface area contributed by atoms with Crippen molar-refractivity contribution >= 4 is 11.6 Å². The number of benzene rings is 1. The van der Waals surface area contributed by atoms with Gasteiger partial charge in [-0.1, -0.05) is 19.1 Å². The highest BCUT2D eigenvalue weighted by molar-refractivity contribution is 5.78. The number of carbonyl (C=O) groups is 1. The van der Waals surface area contributed by atoms with E-state index in [1.807, 2.05) is 17.0 Å².